The largest absolute Gasteiger partial charge is 0.369 e. The zero-order valence-electron chi connectivity index (χ0n) is 14.4. The van der Waals surface area contributed by atoms with Gasteiger partial charge in [0.15, 0.2) is 5.96 Å². The lowest BCUT2D eigenvalue weighted by Gasteiger charge is -2.20. The van der Waals surface area contributed by atoms with Crippen LogP contribution in [0.2, 0.25) is 5.02 Å². The molecule has 2 aromatic rings. The number of halogens is 2. The predicted octanol–water partition coefficient (Wildman–Crippen LogP) is 2.64. The minimum Gasteiger partial charge on any atom is -0.369 e. The van der Waals surface area contributed by atoms with Crippen LogP contribution in [-0.2, 0) is 13.6 Å². The van der Waals surface area contributed by atoms with Gasteiger partial charge in [0, 0.05) is 62.2 Å². The van der Waals surface area contributed by atoms with Gasteiger partial charge in [0.1, 0.15) is 0 Å². The normalized spacial score (nSPS) is 17.3. The second-order valence-corrected chi connectivity index (χ2v) is 6.44. The molecule has 1 fully saturated rings. The zero-order valence-corrected chi connectivity index (χ0v) is 17.5. The van der Waals surface area contributed by atoms with E-state index in [1.807, 2.05) is 37.6 Å². The average Bonchev–Trinajstić information content (AvgIpc) is 3.20. The Morgan fingerprint density at radius 1 is 1.44 bits per heavy atom. The van der Waals surface area contributed by atoms with Crippen molar-refractivity contribution in [3.8, 4) is 0 Å². The monoisotopic (exact) mass is 474 g/mol. The summed E-state index contributed by atoms with van der Waals surface area (Å²) in [4.78, 5) is 6.66. The number of hydrogen-bond donors (Lipinski definition) is 2. The topological polar surface area (TPSA) is 57.5 Å². The fourth-order valence-electron chi connectivity index (χ4n) is 2.92. The summed E-state index contributed by atoms with van der Waals surface area (Å²) in [6.45, 7) is 2.66. The SMILES string of the molecule is CN=C(NCc1cnn(C)c1)NC1CCN(c2cccc(Cl)c2)C1.I. The number of hydrogen-bond acceptors (Lipinski definition) is 3. The Morgan fingerprint density at radius 3 is 2.96 bits per heavy atom. The number of rotatable bonds is 4. The van der Waals surface area contributed by atoms with Crippen molar-refractivity contribution in [3.63, 3.8) is 0 Å². The minimum absolute atomic E-state index is 0. The molecule has 2 heterocycles. The van der Waals surface area contributed by atoms with Crippen LogP contribution in [0.25, 0.3) is 0 Å². The molecule has 25 heavy (non-hydrogen) atoms. The molecule has 1 aliphatic rings. The van der Waals surface area contributed by atoms with Gasteiger partial charge in [-0.1, -0.05) is 17.7 Å². The Bertz CT molecular complexity index is 717. The van der Waals surface area contributed by atoms with Crippen LogP contribution in [0.3, 0.4) is 0 Å². The molecule has 0 saturated carbocycles. The Kier molecular flexibility index (Phi) is 7.37. The number of benzene rings is 1. The van der Waals surface area contributed by atoms with Crippen LogP contribution >= 0.6 is 35.6 Å². The Labute approximate surface area is 170 Å². The highest BCUT2D eigenvalue weighted by atomic mass is 127. The summed E-state index contributed by atoms with van der Waals surface area (Å²) in [7, 11) is 3.71. The van der Waals surface area contributed by atoms with E-state index in [4.69, 9.17) is 11.6 Å². The van der Waals surface area contributed by atoms with Crippen LogP contribution < -0.4 is 15.5 Å². The maximum atomic E-state index is 6.09. The number of guanidine groups is 1. The van der Waals surface area contributed by atoms with Crippen molar-refractivity contribution in [1.82, 2.24) is 20.4 Å². The number of nitrogens with one attached hydrogen (secondary N) is 2. The van der Waals surface area contributed by atoms with Crippen molar-refractivity contribution in [2.75, 3.05) is 25.0 Å². The van der Waals surface area contributed by atoms with E-state index in [1.54, 1.807) is 11.7 Å². The highest BCUT2D eigenvalue weighted by Crippen LogP contribution is 2.23. The molecular formula is C17H24ClIN6. The maximum absolute atomic E-state index is 6.09. The molecule has 1 aromatic carbocycles. The zero-order chi connectivity index (χ0) is 16.9. The van der Waals surface area contributed by atoms with Crippen molar-refractivity contribution in [2.45, 2.75) is 19.0 Å². The van der Waals surface area contributed by atoms with Crippen LogP contribution in [0.15, 0.2) is 41.7 Å². The third-order valence-electron chi connectivity index (χ3n) is 4.14. The lowest BCUT2D eigenvalue weighted by atomic mass is 10.2. The minimum atomic E-state index is 0. The average molecular weight is 475 g/mol. The first-order valence-electron chi connectivity index (χ1n) is 8.09. The first-order valence-corrected chi connectivity index (χ1v) is 8.47. The van der Waals surface area contributed by atoms with Gasteiger partial charge in [0.05, 0.1) is 6.20 Å². The molecule has 0 aliphatic carbocycles. The Morgan fingerprint density at radius 2 is 2.28 bits per heavy atom. The molecule has 6 nitrogen and oxygen atoms in total. The fraction of sp³-hybridized carbons (Fsp3) is 0.412. The predicted molar refractivity (Wildman–Crippen MR) is 114 cm³/mol. The van der Waals surface area contributed by atoms with Gasteiger partial charge in [-0.2, -0.15) is 5.10 Å². The van der Waals surface area contributed by atoms with Gasteiger partial charge in [-0.25, -0.2) is 0 Å². The van der Waals surface area contributed by atoms with Crippen LogP contribution in [0.4, 0.5) is 5.69 Å². The van der Waals surface area contributed by atoms with Gasteiger partial charge in [0.25, 0.3) is 0 Å². The third kappa shape index (κ3) is 5.50. The lowest BCUT2D eigenvalue weighted by Crippen LogP contribution is -2.44. The number of nitrogens with zero attached hydrogens (tertiary/aromatic N) is 4. The molecule has 0 spiro atoms. The number of aliphatic imine (C=N–C) groups is 1. The van der Waals surface area contributed by atoms with Crippen molar-refractivity contribution in [3.05, 3.63) is 47.2 Å². The summed E-state index contributed by atoms with van der Waals surface area (Å²) < 4.78 is 1.80. The lowest BCUT2D eigenvalue weighted by molar-refractivity contribution is 0.648. The van der Waals surface area contributed by atoms with Crippen LogP contribution in [-0.4, -0.2) is 41.9 Å². The molecule has 0 radical (unpaired) electrons. The third-order valence-corrected chi connectivity index (χ3v) is 4.38. The molecule has 0 bridgehead atoms. The van der Waals surface area contributed by atoms with Gasteiger partial charge >= 0.3 is 0 Å². The molecule has 136 valence electrons. The first-order chi connectivity index (χ1) is 11.6. The molecule has 0 amide bonds. The maximum Gasteiger partial charge on any atom is 0.191 e. The smallest absolute Gasteiger partial charge is 0.191 e. The van der Waals surface area contributed by atoms with E-state index in [0.717, 1.165) is 36.1 Å². The summed E-state index contributed by atoms with van der Waals surface area (Å²) in [6.07, 6.45) is 4.92. The number of aromatic nitrogens is 2. The van der Waals surface area contributed by atoms with Gasteiger partial charge in [-0.05, 0) is 24.6 Å². The van der Waals surface area contributed by atoms with Crippen molar-refractivity contribution in [2.24, 2.45) is 12.0 Å². The van der Waals surface area contributed by atoms with Crippen molar-refractivity contribution < 1.29 is 0 Å². The second-order valence-electron chi connectivity index (χ2n) is 6.00. The molecule has 2 N–H and O–H groups in total. The molecule has 1 unspecified atom stereocenters. The van der Waals surface area contributed by atoms with Crippen molar-refractivity contribution >= 4 is 47.2 Å². The molecular weight excluding hydrogens is 451 g/mol. The van der Waals surface area contributed by atoms with Gasteiger partial charge < -0.3 is 15.5 Å². The molecule has 1 aromatic heterocycles. The highest BCUT2D eigenvalue weighted by molar-refractivity contribution is 14.0. The highest BCUT2D eigenvalue weighted by Gasteiger charge is 2.23. The van der Waals surface area contributed by atoms with Gasteiger partial charge in [0.2, 0.25) is 0 Å². The summed E-state index contributed by atoms with van der Waals surface area (Å²) >= 11 is 6.09. The van der Waals surface area contributed by atoms with E-state index in [-0.39, 0.29) is 24.0 Å². The summed E-state index contributed by atoms with van der Waals surface area (Å²) in [5.41, 5.74) is 2.30. The van der Waals surface area contributed by atoms with Crippen LogP contribution in [0.1, 0.15) is 12.0 Å². The quantitative estimate of drug-likeness (QED) is 0.406. The fourth-order valence-corrected chi connectivity index (χ4v) is 3.11. The van der Waals surface area contributed by atoms with Crippen LogP contribution in [0.5, 0.6) is 0 Å². The summed E-state index contributed by atoms with van der Waals surface area (Å²) in [5, 5.41) is 11.8. The molecule has 1 saturated heterocycles. The van der Waals surface area contributed by atoms with E-state index in [2.05, 4.69) is 31.7 Å². The van der Waals surface area contributed by atoms with E-state index in [0.29, 0.717) is 12.6 Å². The standard InChI is InChI=1S/C17H23ClN6.HI/c1-19-17(20-9-13-10-21-23(2)11-13)22-15-6-7-24(12-15)16-5-3-4-14(18)8-16;/h3-5,8,10-11,15H,6-7,9,12H2,1-2H3,(H2,19,20,22);1H. The van der Waals surface area contributed by atoms with E-state index < -0.39 is 0 Å². The van der Waals surface area contributed by atoms with E-state index in [1.165, 1.54) is 5.69 Å². The first kappa shape index (κ1) is 19.8. The molecule has 3 rings (SSSR count). The van der Waals surface area contributed by atoms with Crippen molar-refractivity contribution in [1.29, 1.82) is 0 Å². The summed E-state index contributed by atoms with van der Waals surface area (Å²) in [6, 6.07) is 8.38. The molecule has 1 atom stereocenters. The van der Waals surface area contributed by atoms with Crippen LogP contribution in [0, 0.1) is 0 Å². The Balaban J connectivity index is 0.00000225. The number of aryl methyl sites for hydroxylation is 1. The van der Waals surface area contributed by atoms with E-state index in [9.17, 15) is 0 Å². The molecule has 8 heteroatoms. The molecule has 1 aliphatic heterocycles. The Hall–Kier alpha value is -1.48. The summed E-state index contributed by atoms with van der Waals surface area (Å²) in [5.74, 6) is 0.816. The second kappa shape index (κ2) is 9.28. The van der Waals surface area contributed by atoms with Gasteiger partial charge in [-0.15, -0.1) is 24.0 Å². The van der Waals surface area contributed by atoms with Gasteiger partial charge in [-0.3, -0.25) is 9.67 Å². The number of anilines is 1. The van der Waals surface area contributed by atoms with E-state index >= 15 is 0 Å².